The summed E-state index contributed by atoms with van der Waals surface area (Å²) >= 11 is 0. The number of ether oxygens (including phenoxy) is 6. The summed E-state index contributed by atoms with van der Waals surface area (Å²) in [6.45, 7) is 3.86. The summed E-state index contributed by atoms with van der Waals surface area (Å²) < 4.78 is 33.1. The highest BCUT2D eigenvalue weighted by Crippen LogP contribution is 2.40. The lowest BCUT2D eigenvalue weighted by Gasteiger charge is -2.44. The molecular formula is C28H26O13. The molecule has 0 bridgehead atoms. The zero-order valence-electron chi connectivity index (χ0n) is 22.4. The zero-order chi connectivity index (χ0) is 30.0. The van der Waals surface area contributed by atoms with E-state index in [0.29, 0.717) is 0 Å². The van der Waals surface area contributed by atoms with Crippen molar-refractivity contribution in [1.82, 2.24) is 0 Å². The van der Waals surface area contributed by atoms with Gasteiger partial charge < -0.3 is 33.5 Å². The largest absolute Gasteiger partial charge is 0.507 e. The van der Waals surface area contributed by atoms with E-state index in [0.717, 1.165) is 33.8 Å². The van der Waals surface area contributed by atoms with Gasteiger partial charge in [0.15, 0.2) is 23.8 Å². The smallest absolute Gasteiger partial charge is 0.303 e. The van der Waals surface area contributed by atoms with Crippen LogP contribution in [0.25, 0.3) is 0 Å². The highest BCUT2D eigenvalue weighted by atomic mass is 16.7. The number of phenols is 1. The Hall–Kier alpha value is -4.78. The quantitative estimate of drug-likeness (QED) is 0.320. The van der Waals surface area contributed by atoms with Crippen LogP contribution in [0, 0.1) is 0 Å². The van der Waals surface area contributed by atoms with Gasteiger partial charge in [0.05, 0.1) is 11.1 Å². The van der Waals surface area contributed by atoms with Crippen molar-refractivity contribution in [3.8, 4) is 11.5 Å². The molecule has 0 saturated carbocycles. The number of rotatable bonds is 7. The Bertz CT molecular complexity index is 1430. The second-order valence-corrected chi connectivity index (χ2v) is 9.22. The van der Waals surface area contributed by atoms with Crippen molar-refractivity contribution in [3.05, 3.63) is 58.7 Å². The molecule has 216 valence electrons. The molecule has 2 aliphatic rings. The van der Waals surface area contributed by atoms with Crippen LogP contribution in [0.3, 0.4) is 0 Å². The first-order chi connectivity index (χ1) is 19.4. The maximum absolute atomic E-state index is 13.5. The lowest BCUT2D eigenvalue weighted by atomic mass is 9.83. The second kappa shape index (κ2) is 11.8. The fourth-order valence-electron chi connectivity index (χ4n) is 4.68. The third-order valence-electron chi connectivity index (χ3n) is 6.21. The normalized spacial score (nSPS) is 23.0. The Morgan fingerprint density at radius 2 is 1.27 bits per heavy atom. The minimum atomic E-state index is -1.65. The Morgan fingerprint density at radius 3 is 1.83 bits per heavy atom. The molecule has 1 aliphatic heterocycles. The first-order valence-electron chi connectivity index (χ1n) is 12.4. The first-order valence-corrected chi connectivity index (χ1v) is 12.4. The van der Waals surface area contributed by atoms with Crippen molar-refractivity contribution in [2.75, 3.05) is 6.61 Å². The van der Waals surface area contributed by atoms with Gasteiger partial charge >= 0.3 is 23.9 Å². The van der Waals surface area contributed by atoms with Gasteiger partial charge in [0.1, 0.15) is 24.2 Å². The minimum Gasteiger partial charge on any atom is -0.507 e. The fourth-order valence-corrected chi connectivity index (χ4v) is 4.68. The molecule has 5 atom stereocenters. The topological polar surface area (TPSA) is 178 Å². The van der Waals surface area contributed by atoms with Crippen LogP contribution < -0.4 is 4.74 Å². The maximum Gasteiger partial charge on any atom is 0.303 e. The van der Waals surface area contributed by atoms with Crippen molar-refractivity contribution in [1.29, 1.82) is 0 Å². The van der Waals surface area contributed by atoms with Crippen LogP contribution in [-0.2, 0) is 42.9 Å². The predicted molar refractivity (Wildman–Crippen MR) is 134 cm³/mol. The van der Waals surface area contributed by atoms with E-state index in [1.165, 1.54) is 18.2 Å². The summed E-state index contributed by atoms with van der Waals surface area (Å²) in [4.78, 5) is 74.4. The molecule has 2 aromatic rings. The summed E-state index contributed by atoms with van der Waals surface area (Å²) in [5.41, 5.74) is -0.426. The molecule has 0 aromatic heterocycles. The Kier molecular flexibility index (Phi) is 8.38. The Morgan fingerprint density at radius 1 is 0.732 bits per heavy atom. The standard InChI is InChI=1S/C28H26O13/c1-12(29)36-11-20-25(37-13(2)30)26(38-14(3)31)27(39-15(4)32)28(41-20)40-19-10-9-18(33)21-22(19)24(35)17-8-6-5-7-16(17)23(21)34/h5-10,20,25-28,33H,11H2,1-4H3/t20-,25-,26+,27-,28-/m1/s1. The second-order valence-electron chi connectivity index (χ2n) is 9.22. The fraction of sp³-hybridized carbons (Fsp3) is 0.357. The number of hydrogen-bond donors (Lipinski definition) is 1. The van der Waals surface area contributed by atoms with Crippen molar-refractivity contribution >= 4 is 35.4 Å². The molecule has 1 aliphatic carbocycles. The highest BCUT2D eigenvalue weighted by molar-refractivity contribution is 6.30. The summed E-state index contributed by atoms with van der Waals surface area (Å²) in [7, 11) is 0. The Balaban J connectivity index is 1.81. The minimum absolute atomic E-state index is 0.0713. The SMILES string of the molecule is CC(=O)OC[C@H]1O[C@@H](Oc2ccc(O)c3c2C(=O)c2ccccc2C3=O)[C@H](OC(C)=O)[C@@H](OC(C)=O)[C@@H]1OC(C)=O. The zero-order valence-corrected chi connectivity index (χ0v) is 22.4. The number of esters is 4. The molecule has 2 aromatic carbocycles. The van der Waals surface area contributed by atoms with Crippen molar-refractivity contribution in [3.63, 3.8) is 0 Å². The molecule has 4 rings (SSSR count). The third kappa shape index (κ3) is 6.04. The maximum atomic E-state index is 13.5. The van der Waals surface area contributed by atoms with Gasteiger partial charge in [-0.05, 0) is 12.1 Å². The van der Waals surface area contributed by atoms with Crippen LogP contribution in [0.4, 0.5) is 0 Å². The van der Waals surface area contributed by atoms with E-state index in [2.05, 4.69) is 0 Å². The van der Waals surface area contributed by atoms with E-state index in [1.807, 2.05) is 0 Å². The van der Waals surface area contributed by atoms with Gasteiger partial charge in [0.25, 0.3) is 0 Å². The van der Waals surface area contributed by atoms with Gasteiger partial charge in [-0.3, -0.25) is 28.8 Å². The molecule has 0 radical (unpaired) electrons. The number of fused-ring (bicyclic) bond motifs is 2. The van der Waals surface area contributed by atoms with Crippen molar-refractivity contribution in [2.24, 2.45) is 0 Å². The first kappa shape index (κ1) is 29.2. The summed E-state index contributed by atoms with van der Waals surface area (Å²) in [5.74, 6) is -5.15. The molecule has 13 heteroatoms. The molecule has 0 amide bonds. The van der Waals surface area contributed by atoms with E-state index in [4.69, 9.17) is 28.4 Å². The van der Waals surface area contributed by atoms with Gasteiger partial charge in [0.2, 0.25) is 12.4 Å². The van der Waals surface area contributed by atoms with Crippen LogP contribution in [0.15, 0.2) is 36.4 Å². The van der Waals surface area contributed by atoms with Crippen LogP contribution >= 0.6 is 0 Å². The van der Waals surface area contributed by atoms with E-state index >= 15 is 0 Å². The van der Waals surface area contributed by atoms with Crippen LogP contribution in [0.2, 0.25) is 0 Å². The Labute approximate surface area is 233 Å². The molecule has 1 fully saturated rings. The predicted octanol–water partition coefficient (Wildman–Crippen LogP) is 1.63. The molecular weight excluding hydrogens is 544 g/mol. The van der Waals surface area contributed by atoms with Gasteiger partial charge in [0, 0.05) is 38.8 Å². The molecule has 1 heterocycles. The number of aromatic hydroxyl groups is 1. The van der Waals surface area contributed by atoms with Gasteiger partial charge in [-0.25, -0.2) is 0 Å². The number of hydrogen-bond acceptors (Lipinski definition) is 13. The average Bonchev–Trinajstić information content (AvgIpc) is 2.89. The van der Waals surface area contributed by atoms with Gasteiger partial charge in [-0.15, -0.1) is 0 Å². The molecule has 13 nitrogen and oxygen atoms in total. The lowest BCUT2D eigenvalue weighted by Crippen LogP contribution is -2.63. The van der Waals surface area contributed by atoms with Crippen molar-refractivity contribution in [2.45, 2.75) is 58.4 Å². The molecule has 41 heavy (non-hydrogen) atoms. The van der Waals surface area contributed by atoms with E-state index in [-0.39, 0.29) is 28.0 Å². The lowest BCUT2D eigenvalue weighted by molar-refractivity contribution is -0.288. The van der Waals surface area contributed by atoms with E-state index in [1.54, 1.807) is 12.1 Å². The third-order valence-corrected chi connectivity index (χ3v) is 6.21. The average molecular weight is 571 g/mol. The van der Waals surface area contributed by atoms with Crippen LogP contribution in [0.1, 0.15) is 59.5 Å². The summed E-state index contributed by atoms with van der Waals surface area (Å²) in [5, 5.41) is 10.5. The van der Waals surface area contributed by atoms with Crippen molar-refractivity contribution < 1.29 is 62.3 Å². The van der Waals surface area contributed by atoms with Gasteiger partial charge in [-0.1, -0.05) is 24.3 Å². The molecule has 0 unspecified atom stereocenters. The van der Waals surface area contributed by atoms with Crippen LogP contribution in [-0.4, -0.2) is 77.9 Å². The number of phenolic OH excluding ortho intramolecular Hbond substituents is 1. The molecule has 0 spiro atoms. The highest BCUT2D eigenvalue weighted by Gasteiger charge is 2.53. The molecule has 1 saturated heterocycles. The number of ketones is 2. The van der Waals surface area contributed by atoms with Crippen LogP contribution in [0.5, 0.6) is 11.5 Å². The number of carbonyl (C=O) groups excluding carboxylic acids is 6. The molecule has 1 N–H and O–H groups in total. The summed E-state index contributed by atoms with van der Waals surface area (Å²) in [6, 6.07) is 8.38. The van der Waals surface area contributed by atoms with Gasteiger partial charge in [-0.2, -0.15) is 0 Å². The summed E-state index contributed by atoms with van der Waals surface area (Å²) in [6.07, 6.45) is -7.44. The monoisotopic (exact) mass is 570 g/mol. The van der Waals surface area contributed by atoms with E-state index in [9.17, 15) is 33.9 Å². The van der Waals surface area contributed by atoms with E-state index < -0.39 is 78.5 Å². The number of benzene rings is 2. The number of carbonyl (C=O) groups is 6.